The fourth-order valence-electron chi connectivity index (χ4n) is 5.10. The second-order valence-corrected chi connectivity index (χ2v) is 9.86. The summed E-state index contributed by atoms with van der Waals surface area (Å²) >= 11 is 0. The highest BCUT2D eigenvalue weighted by molar-refractivity contribution is 5.94. The van der Waals surface area contributed by atoms with Gasteiger partial charge in [0.25, 0.3) is 0 Å². The SMILES string of the molecule is Cc1cc(-n2c(C(C)(C)CC#N)c([C@H]3C[C@](O)(C(=O)O)C3)c3nc4[nH]ncc4cc32)ccc1F. The minimum atomic E-state index is -1.79. The molecule has 0 aliphatic heterocycles. The number of halogens is 1. The number of carboxylic acids is 1. The lowest BCUT2D eigenvalue weighted by Gasteiger charge is -2.41. The standard InChI is InChI=1S/C25H24FN5O3/c1-13-8-16(4-5-17(13)26)31-18-9-14-12-28-30-22(14)29-20(18)19(21(31)24(2,3)6-7-27)15-10-25(34,11-15)23(32)33/h4-5,8-9,12,15,34H,6,10-11H2,1-3H3,(H,32,33)(H,28,29,30)/t15-,25+. The molecular weight excluding hydrogens is 437 g/mol. The molecule has 0 spiro atoms. The summed E-state index contributed by atoms with van der Waals surface area (Å²) in [4.78, 5) is 16.4. The van der Waals surface area contributed by atoms with Gasteiger partial charge in [0.15, 0.2) is 11.2 Å². The van der Waals surface area contributed by atoms with Crippen LogP contribution in [0.1, 0.15) is 55.8 Å². The molecule has 174 valence electrons. The van der Waals surface area contributed by atoms with E-state index in [0.717, 1.165) is 22.2 Å². The minimum Gasteiger partial charge on any atom is -0.479 e. The molecule has 34 heavy (non-hydrogen) atoms. The van der Waals surface area contributed by atoms with E-state index in [1.54, 1.807) is 25.3 Å². The van der Waals surface area contributed by atoms with E-state index in [1.807, 2.05) is 24.5 Å². The van der Waals surface area contributed by atoms with E-state index in [1.165, 1.54) is 6.07 Å². The van der Waals surface area contributed by atoms with Crippen LogP contribution in [-0.4, -0.2) is 41.5 Å². The molecule has 3 heterocycles. The largest absolute Gasteiger partial charge is 0.479 e. The zero-order valence-electron chi connectivity index (χ0n) is 19.1. The summed E-state index contributed by atoms with van der Waals surface area (Å²) in [6, 6.07) is 9.05. The topological polar surface area (TPSA) is 128 Å². The first-order chi connectivity index (χ1) is 16.1. The fourth-order valence-corrected chi connectivity index (χ4v) is 5.10. The van der Waals surface area contributed by atoms with Crippen LogP contribution in [0.4, 0.5) is 4.39 Å². The van der Waals surface area contributed by atoms with Gasteiger partial charge in [0.05, 0.1) is 23.3 Å². The van der Waals surface area contributed by atoms with Crippen LogP contribution in [0.2, 0.25) is 0 Å². The minimum absolute atomic E-state index is 0.0439. The molecule has 0 amide bonds. The lowest BCUT2D eigenvalue weighted by Crippen LogP contribution is -2.49. The number of rotatable bonds is 5. The Hall–Kier alpha value is -3.77. The number of fused-ring (bicyclic) bond motifs is 2. The normalized spacial score (nSPS) is 20.4. The third-order valence-electron chi connectivity index (χ3n) is 6.92. The molecule has 0 saturated heterocycles. The van der Waals surface area contributed by atoms with Gasteiger partial charge in [0.1, 0.15) is 5.82 Å². The monoisotopic (exact) mass is 461 g/mol. The fraction of sp³-hybridized carbons (Fsp3) is 0.360. The van der Waals surface area contributed by atoms with Gasteiger partial charge in [0.2, 0.25) is 0 Å². The number of nitrogens with one attached hydrogen (secondary N) is 1. The molecule has 3 aromatic heterocycles. The Morgan fingerprint density at radius 1 is 1.38 bits per heavy atom. The summed E-state index contributed by atoms with van der Waals surface area (Å²) in [6.07, 6.45) is 1.96. The molecule has 1 aliphatic rings. The van der Waals surface area contributed by atoms with Crippen molar-refractivity contribution in [3.63, 3.8) is 0 Å². The third-order valence-corrected chi connectivity index (χ3v) is 6.92. The molecule has 0 radical (unpaired) electrons. The number of aryl methyl sites for hydroxylation is 1. The summed E-state index contributed by atoms with van der Waals surface area (Å²) in [5.41, 5.74) is 2.36. The summed E-state index contributed by atoms with van der Waals surface area (Å²) in [7, 11) is 0. The van der Waals surface area contributed by atoms with Crippen molar-refractivity contribution in [1.29, 1.82) is 5.26 Å². The van der Waals surface area contributed by atoms with Crippen molar-refractivity contribution in [3.8, 4) is 11.8 Å². The van der Waals surface area contributed by atoms with Crippen molar-refractivity contribution < 1.29 is 19.4 Å². The number of carboxylic acid groups (broad SMARTS) is 1. The van der Waals surface area contributed by atoms with E-state index in [4.69, 9.17) is 4.98 Å². The summed E-state index contributed by atoms with van der Waals surface area (Å²) in [5, 5.41) is 37.3. The molecule has 4 aromatic rings. The van der Waals surface area contributed by atoms with Crippen LogP contribution < -0.4 is 0 Å². The Balaban J connectivity index is 1.87. The highest BCUT2D eigenvalue weighted by Crippen LogP contribution is 2.51. The highest BCUT2D eigenvalue weighted by Gasteiger charge is 2.52. The smallest absolute Gasteiger partial charge is 0.335 e. The Morgan fingerprint density at radius 2 is 2.12 bits per heavy atom. The average molecular weight is 461 g/mol. The van der Waals surface area contributed by atoms with Crippen molar-refractivity contribution in [2.75, 3.05) is 0 Å². The van der Waals surface area contributed by atoms with Gasteiger partial charge in [-0.3, -0.25) is 5.10 Å². The number of benzene rings is 1. The zero-order valence-corrected chi connectivity index (χ0v) is 19.1. The van der Waals surface area contributed by atoms with Crippen molar-refractivity contribution in [3.05, 3.63) is 53.1 Å². The molecule has 8 nitrogen and oxygen atoms in total. The lowest BCUT2D eigenvalue weighted by molar-refractivity contribution is -0.169. The van der Waals surface area contributed by atoms with Crippen LogP contribution in [0.25, 0.3) is 27.8 Å². The molecule has 0 atom stereocenters. The Morgan fingerprint density at radius 3 is 2.76 bits per heavy atom. The predicted molar refractivity (Wildman–Crippen MR) is 123 cm³/mol. The van der Waals surface area contributed by atoms with Crippen molar-refractivity contribution in [1.82, 2.24) is 19.7 Å². The molecule has 0 bridgehead atoms. The number of carbonyl (C=O) groups is 1. The number of aromatic amines is 1. The van der Waals surface area contributed by atoms with E-state index in [-0.39, 0.29) is 31.0 Å². The number of nitrogens with zero attached hydrogens (tertiary/aromatic N) is 4. The third kappa shape index (κ3) is 3.17. The van der Waals surface area contributed by atoms with Gasteiger partial charge >= 0.3 is 5.97 Å². The number of pyridine rings is 1. The second-order valence-electron chi connectivity index (χ2n) is 9.86. The summed E-state index contributed by atoms with van der Waals surface area (Å²) in [5.74, 6) is -1.84. The lowest BCUT2D eigenvalue weighted by atomic mass is 9.66. The van der Waals surface area contributed by atoms with Crippen molar-refractivity contribution in [2.45, 2.75) is 57.0 Å². The summed E-state index contributed by atoms with van der Waals surface area (Å²) in [6.45, 7) is 5.60. The van der Waals surface area contributed by atoms with Gasteiger partial charge in [-0.05, 0) is 55.5 Å². The highest BCUT2D eigenvalue weighted by atomic mass is 19.1. The van der Waals surface area contributed by atoms with Gasteiger partial charge in [-0.1, -0.05) is 13.8 Å². The Labute approximate surface area is 194 Å². The number of hydrogen-bond donors (Lipinski definition) is 3. The van der Waals surface area contributed by atoms with Gasteiger partial charge in [-0.25, -0.2) is 14.2 Å². The molecule has 9 heteroatoms. The molecular formula is C25H24FN5O3. The average Bonchev–Trinajstić information content (AvgIpc) is 3.33. The van der Waals surface area contributed by atoms with E-state index in [0.29, 0.717) is 22.4 Å². The van der Waals surface area contributed by atoms with Crippen molar-refractivity contribution in [2.24, 2.45) is 0 Å². The van der Waals surface area contributed by atoms with Crippen LogP contribution in [0.3, 0.4) is 0 Å². The van der Waals surface area contributed by atoms with Crippen LogP contribution in [0.15, 0.2) is 30.5 Å². The summed E-state index contributed by atoms with van der Waals surface area (Å²) < 4.78 is 16.1. The number of hydrogen-bond acceptors (Lipinski definition) is 5. The quantitative estimate of drug-likeness (QED) is 0.408. The maximum absolute atomic E-state index is 14.1. The van der Waals surface area contributed by atoms with Gasteiger partial charge in [-0.15, -0.1) is 0 Å². The van der Waals surface area contributed by atoms with Crippen LogP contribution >= 0.6 is 0 Å². The zero-order chi connectivity index (χ0) is 24.4. The maximum Gasteiger partial charge on any atom is 0.335 e. The van der Waals surface area contributed by atoms with E-state index < -0.39 is 17.0 Å². The Kier molecular flexibility index (Phi) is 4.78. The number of aliphatic hydroxyl groups is 1. The molecule has 1 saturated carbocycles. The molecule has 0 unspecified atom stereocenters. The van der Waals surface area contributed by atoms with Crippen molar-refractivity contribution >= 4 is 28.0 Å². The van der Waals surface area contributed by atoms with Crippen LogP contribution in [0.5, 0.6) is 0 Å². The molecule has 1 fully saturated rings. The first kappa shape index (κ1) is 22.0. The predicted octanol–water partition coefficient (Wildman–Crippen LogP) is 4.23. The van der Waals surface area contributed by atoms with Crippen LogP contribution in [-0.2, 0) is 10.2 Å². The van der Waals surface area contributed by atoms with Gasteiger partial charge in [-0.2, -0.15) is 10.4 Å². The first-order valence-electron chi connectivity index (χ1n) is 11.0. The maximum atomic E-state index is 14.1. The first-order valence-corrected chi connectivity index (χ1v) is 11.0. The van der Waals surface area contributed by atoms with E-state index >= 15 is 0 Å². The number of aromatic nitrogens is 4. The van der Waals surface area contributed by atoms with Gasteiger partial charge in [0, 0.05) is 34.2 Å². The number of nitriles is 1. The number of H-pyrrole nitrogens is 1. The molecule has 3 N–H and O–H groups in total. The van der Waals surface area contributed by atoms with E-state index in [2.05, 4.69) is 16.3 Å². The molecule has 1 aromatic carbocycles. The Bertz CT molecular complexity index is 1500. The number of aliphatic carboxylic acids is 1. The molecule has 1 aliphatic carbocycles. The van der Waals surface area contributed by atoms with E-state index in [9.17, 15) is 24.7 Å². The van der Waals surface area contributed by atoms with Gasteiger partial charge < -0.3 is 14.8 Å². The van der Waals surface area contributed by atoms with Crippen LogP contribution in [0, 0.1) is 24.1 Å². The second kappa shape index (κ2) is 7.37. The molecule has 5 rings (SSSR count).